The van der Waals surface area contributed by atoms with Crippen LogP contribution in [-0.2, 0) is 12.0 Å². The summed E-state index contributed by atoms with van der Waals surface area (Å²) in [6.07, 6.45) is 7.56. The number of unbranched alkanes of at least 4 members (excludes halogenated alkanes) is 2. The van der Waals surface area contributed by atoms with E-state index in [1.807, 2.05) is 11.3 Å². The van der Waals surface area contributed by atoms with Gasteiger partial charge in [-0.2, -0.15) is 4.57 Å². The SMILES string of the molecule is CCCCCc1c[n+](C(C)(C)C)cs1. The molecule has 0 aliphatic rings. The van der Waals surface area contributed by atoms with Gasteiger partial charge in [0.05, 0.1) is 4.88 Å². The van der Waals surface area contributed by atoms with E-state index < -0.39 is 0 Å². The fourth-order valence-corrected chi connectivity index (χ4v) is 2.43. The summed E-state index contributed by atoms with van der Waals surface area (Å²) >= 11 is 1.89. The molecule has 1 nitrogen and oxygen atoms in total. The molecule has 0 fully saturated rings. The molecule has 0 aliphatic carbocycles. The Bertz CT molecular complexity index is 270. The average Bonchev–Trinajstić information content (AvgIpc) is 2.52. The predicted molar refractivity (Wildman–Crippen MR) is 62.7 cm³/mol. The summed E-state index contributed by atoms with van der Waals surface area (Å²) in [5, 5.41) is 0. The Morgan fingerprint density at radius 2 is 2.00 bits per heavy atom. The summed E-state index contributed by atoms with van der Waals surface area (Å²) in [6.45, 7) is 8.99. The number of nitrogens with zero attached hydrogens (tertiary/aromatic N) is 1. The molecule has 2 heteroatoms. The minimum absolute atomic E-state index is 0.236. The van der Waals surface area contributed by atoms with Crippen molar-refractivity contribution in [2.24, 2.45) is 0 Å². The monoisotopic (exact) mass is 212 g/mol. The summed E-state index contributed by atoms with van der Waals surface area (Å²) in [6, 6.07) is 0. The number of aromatic nitrogens is 1. The Morgan fingerprint density at radius 1 is 1.29 bits per heavy atom. The van der Waals surface area contributed by atoms with Gasteiger partial charge in [0.15, 0.2) is 11.7 Å². The molecule has 1 rings (SSSR count). The lowest BCUT2D eigenvalue weighted by Gasteiger charge is -2.09. The third-order valence-corrected chi connectivity index (χ3v) is 3.35. The van der Waals surface area contributed by atoms with Gasteiger partial charge in [-0.3, -0.25) is 0 Å². The van der Waals surface area contributed by atoms with Gasteiger partial charge in [-0.25, -0.2) is 0 Å². The van der Waals surface area contributed by atoms with Gasteiger partial charge in [0.1, 0.15) is 0 Å². The highest BCUT2D eigenvalue weighted by molar-refractivity contribution is 7.09. The van der Waals surface area contributed by atoms with Crippen LogP contribution in [0.2, 0.25) is 0 Å². The Kier molecular flexibility index (Phi) is 4.11. The van der Waals surface area contributed by atoms with Gasteiger partial charge in [0.2, 0.25) is 5.51 Å². The maximum absolute atomic E-state index is 2.32. The van der Waals surface area contributed by atoms with Gasteiger partial charge in [0, 0.05) is 20.8 Å². The largest absolute Gasteiger partial charge is 0.225 e. The Labute approximate surface area is 91.8 Å². The maximum atomic E-state index is 2.32. The molecular weight excluding hydrogens is 190 g/mol. The number of rotatable bonds is 4. The highest BCUT2D eigenvalue weighted by Crippen LogP contribution is 2.13. The van der Waals surface area contributed by atoms with E-state index in [4.69, 9.17) is 0 Å². The molecule has 80 valence electrons. The van der Waals surface area contributed by atoms with Gasteiger partial charge in [-0.05, 0) is 12.8 Å². The van der Waals surface area contributed by atoms with Crippen LogP contribution in [0, 0.1) is 0 Å². The number of hydrogen-bond acceptors (Lipinski definition) is 1. The number of hydrogen-bond donors (Lipinski definition) is 0. The zero-order chi connectivity index (χ0) is 10.6. The van der Waals surface area contributed by atoms with Gasteiger partial charge in [-0.15, -0.1) is 0 Å². The fourth-order valence-electron chi connectivity index (χ4n) is 1.36. The molecule has 0 amide bonds. The van der Waals surface area contributed by atoms with Crippen molar-refractivity contribution in [3.63, 3.8) is 0 Å². The summed E-state index contributed by atoms with van der Waals surface area (Å²) in [5.41, 5.74) is 2.47. The van der Waals surface area contributed by atoms with Gasteiger partial charge in [0.25, 0.3) is 0 Å². The molecule has 0 atom stereocenters. The van der Waals surface area contributed by atoms with Crippen molar-refractivity contribution in [3.05, 3.63) is 16.6 Å². The van der Waals surface area contributed by atoms with Crippen LogP contribution in [0.25, 0.3) is 0 Å². The van der Waals surface area contributed by atoms with Gasteiger partial charge < -0.3 is 0 Å². The Hall–Kier alpha value is -0.370. The first-order chi connectivity index (χ1) is 6.54. The second-order valence-corrected chi connectivity index (χ2v) is 5.82. The molecule has 0 unspecified atom stereocenters. The molecule has 0 saturated heterocycles. The second-order valence-electron chi connectivity index (χ2n) is 4.85. The minimum Gasteiger partial charge on any atom is -0.191 e. The van der Waals surface area contributed by atoms with Gasteiger partial charge in [-0.1, -0.05) is 31.1 Å². The van der Waals surface area contributed by atoms with Crippen LogP contribution in [0.5, 0.6) is 0 Å². The van der Waals surface area contributed by atoms with Crippen molar-refractivity contribution in [1.82, 2.24) is 0 Å². The lowest BCUT2D eigenvalue weighted by atomic mass is 10.1. The Balaban J connectivity index is 2.51. The zero-order valence-electron chi connectivity index (χ0n) is 9.84. The van der Waals surface area contributed by atoms with E-state index >= 15 is 0 Å². The summed E-state index contributed by atoms with van der Waals surface area (Å²) in [4.78, 5) is 1.52. The highest BCUT2D eigenvalue weighted by atomic mass is 32.1. The van der Waals surface area contributed by atoms with Crippen molar-refractivity contribution >= 4 is 11.3 Å². The lowest BCUT2D eigenvalue weighted by Crippen LogP contribution is -2.48. The summed E-state index contributed by atoms with van der Waals surface area (Å²) in [7, 11) is 0. The van der Waals surface area contributed by atoms with E-state index in [2.05, 4.69) is 44.0 Å². The molecule has 0 bridgehead atoms. The molecule has 0 aliphatic heterocycles. The third-order valence-electron chi connectivity index (χ3n) is 2.40. The van der Waals surface area contributed by atoms with E-state index in [1.165, 1.54) is 30.6 Å². The first-order valence-corrected chi connectivity index (χ1v) is 6.41. The molecule has 0 N–H and O–H groups in total. The fraction of sp³-hybridized carbons (Fsp3) is 0.750. The average molecular weight is 212 g/mol. The van der Waals surface area contributed by atoms with Crippen molar-refractivity contribution in [2.75, 3.05) is 0 Å². The van der Waals surface area contributed by atoms with Crippen LogP contribution in [0.3, 0.4) is 0 Å². The van der Waals surface area contributed by atoms with E-state index in [9.17, 15) is 0 Å². The summed E-state index contributed by atoms with van der Waals surface area (Å²) < 4.78 is 2.32. The van der Waals surface area contributed by atoms with Crippen LogP contribution in [0.15, 0.2) is 11.7 Å². The quantitative estimate of drug-likeness (QED) is 0.531. The second kappa shape index (κ2) is 4.92. The molecule has 0 spiro atoms. The molecule has 0 radical (unpaired) electrons. The molecule has 0 aromatic carbocycles. The van der Waals surface area contributed by atoms with Gasteiger partial charge >= 0.3 is 0 Å². The van der Waals surface area contributed by atoms with Crippen LogP contribution in [0.4, 0.5) is 0 Å². The van der Waals surface area contributed by atoms with Crippen molar-refractivity contribution in [3.8, 4) is 0 Å². The normalized spacial score (nSPS) is 12.0. The Morgan fingerprint density at radius 3 is 2.50 bits per heavy atom. The smallest absolute Gasteiger partial charge is 0.191 e. The minimum atomic E-state index is 0.236. The topological polar surface area (TPSA) is 3.88 Å². The highest BCUT2D eigenvalue weighted by Gasteiger charge is 2.22. The van der Waals surface area contributed by atoms with E-state index in [1.54, 1.807) is 0 Å². The molecular formula is C12H22NS+. The van der Waals surface area contributed by atoms with Crippen LogP contribution in [0.1, 0.15) is 51.8 Å². The molecule has 1 aromatic rings. The zero-order valence-corrected chi connectivity index (χ0v) is 10.7. The molecule has 1 heterocycles. The standard InChI is InChI=1S/C12H22NS/c1-5-6-7-8-11-9-13(10-14-11)12(2,3)4/h9-10H,5-8H2,1-4H3/q+1. The van der Waals surface area contributed by atoms with Crippen LogP contribution < -0.4 is 4.57 Å². The lowest BCUT2D eigenvalue weighted by molar-refractivity contribution is -0.750. The summed E-state index contributed by atoms with van der Waals surface area (Å²) in [5.74, 6) is 0. The van der Waals surface area contributed by atoms with E-state index in [-0.39, 0.29) is 5.54 Å². The molecule has 0 saturated carbocycles. The number of thiazole rings is 1. The first-order valence-electron chi connectivity index (χ1n) is 5.53. The molecule has 14 heavy (non-hydrogen) atoms. The third kappa shape index (κ3) is 3.41. The van der Waals surface area contributed by atoms with Crippen LogP contribution >= 0.6 is 11.3 Å². The van der Waals surface area contributed by atoms with E-state index in [0.29, 0.717) is 0 Å². The maximum Gasteiger partial charge on any atom is 0.225 e. The van der Waals surface area contributed by atoms with Crippen molar-refractivity contribution < 1.29 is 4.57 Å². The first kappa shape index (κ1) is 11.7. The molecule has 1 aromatic heterocycles. The predicted octanol–water partition coefficient (Wildman–Crippen LogP) is 3.52. The van der Waals surface area contributed by atoms with Crippen molar-refractivity contribution in [1.29, 1.82) is 0 Å². The van der Waals surface area contributed by atoms with E-state index in [0.717, 1.165) is 0 Å². The van der Waals surface area contributed by atoms with Crippen molar-refractivity contribution in [2.45, 2.75) is 58.9 Å². The van der Waals surface area contributed by atoms with Crippen LogP contribution in [-0.4, -0.2) is 0 Å². The number of aryl methyl sites for hydroxylation is 1.